The Morgan fingerprint density at radius 3 is 2.56 bits per heavy atom. The first-order chi connectivity index (χ1) is 15.4. The van der Waals surface area contributed by atoms with Crippen molar-refractivity contribution in [1.29, 1.82) is 0 Å². The predicted octanol–water partition coefficient (Wildman–Crippen LogP) is 6.23. The normalized spacial score (nSPS) is 10.7. The molecule has 0 saturated heterocycles. The molecule has 0 bridgehead atoms. The second kappa shape index (κ2) is 11.0. The zero-order chi connectivity index (χ0) is 23.1. The summed E-state index contributed by atoms with van der Waals surface area (Å²) in [6.07, 6.45) is 0.643. The third kappa shape index (κ3) is 6.48. The molecule has 0 saturated carbocycles. The first kappa shape index (κ1) is 23.6. The van der Waals surface area contributed by atoms with Crippen molar-refractivity contribution in [3.8, 4) is 5.75 Å². The van der Waals surface area contributed by atoms with E-state index in [1.807, 2.05) is 30.3 Å². The van der Waals surface area contributed by atoms with Gasteiger partial charge in [0.05, 0.1) is 17.9 Å². The maximum Gasteiger partial charge on any atom is 0.387 e. The zero-order valence-corrected chi connectivity index (χ0v) is 19.1. The van der Waals surface area contributed by atoms with Crippen LogP contribution >= 0.6 is 23.6 Å². The van der Waals surface area contributed by atoms with Crippen LogP contribution in [0.15, 0.2) is 54.6 Å². The van der Waals surface area contributed by atoms with Crippen LogP contribution in [-0.4, -0.2) is 24.3 Å². The van der Waals surface area contributed by atoms with Crippen LogP contribution in [-0.2, 0) is 11.2 Å². The van der Waals surface area contributed by atoms with Crippen molar-refractivity contribution < 1.29 is 23.0 Å². The van der Waals surface area contributed by atoms with E-state index in [9.17, 15) is 13.6 Å². The van der Waals surface area contributed by atoms with Crippen LogP contribution in [0.25, 0.3) is 0 Å². The maximum atomic E-state index is 12.8. The third-order valence-electron chi connectivity index (χ3n) is 4.33. The smallest absolute Gasteiger partial charge is 0.387 e. The topological polar surface area (TPSA) is 59.6 Å². The molecule has 0 aliphatic carbocycles. The average molecular weight is 477 g/mol. The van der Waals surface area contributed by atoms with Gasteiger partial charge in [-0.2, -0.15) is 8.78 Å². The number of hydrogen-bond donors (Lipinski definition) is 2. The summed E-state index contributed by atoms with van der Waals surface area (Å²) in [7, 11) is 0. The zero-order valence-electron chi connectivity index (χ0n) is 17.5. The summed E-state index contributed by atoms with van der Waals surface area (Å²) in [6, 6.07) is 16.5. The lowest BCUT2D eigenvalue weighted by Crippen LogP contribution is -2.21. The number of rotatable bonds is 8. The van der Waals surface area contributed by atoms with Crippen molar-refractivity contribution in [2.45, 2.75) is 26.9 Å². The van der Waals surface area contributed by atoms with Gasteiger partial charge in [-0.05, 0) is 55.4 Å². The molecule has 0 amide bonds. The van der Waals surface area contributed by atoms with E-state index in [0.29, 0.717) is 17.0 Å². The molecule has 0 aliphatic heterocycles. The Morgan fingerprint density at radius 1 is 1.12 bits per heavy atom. The summed E-state index contributed by atoms with van der Waals surface area (Å²) in [6.45, 7) is 0.774. The van der Waals surface area contributed by atoms with Gasteiger partial charge in [0.25, 0.3) is 0 Å². The Labute approximate surface area is 194 Å². The van der Waals surface area contributed by atoms with Crippen molar-refractivity contribution in [3.63, 3.8) is 0 Å². The maximum absolute atomic E-state index is 12.8. The molecule has 3 rings (SSSR count). The number of hydrogen-bond acceptors (Lipinski definition) is 5. The molecule has 9 heteroatoms. The van der Waals surface area contributed by atoms with Gasteiger partial charge in [-0.15, -0.1) is 11.3 Å². The summed E-state index contributed by atoms with van der Waals surface area (Å²) >= 11 is 6.74. The number of esters is 1. The lowest BCUT2D eigenvalue weighted by Gasteiger charge is -2.15. The summed E-state index contributed by atoms with van der Waals surface area (Å²) in [5.74, 6) is -0.490. The lowest BCUT2D eigenvalue weighted by atomic mass is 10.1. The van der Waals surface area contributed by atoms with Crippen molar-refractivity contribution >= 4 is 45.3 Å². The van der Waals surface area contributed by atoms with E-state index in [-0.39, 0.29) is 23.2 Å². The van der Waals surface area contributed by atoms with E-state index in [4.69, 9.17) is 17.0 Å². The van der Waals surface area contributed by atoms with Crippen molar-refractivity contribution in [2.24, 2.45) is 0 Å². The summed E-state index contributed by atoms with van der Waals surface area (Å²) in [5.41, 5.74) is 2.51. The highest BCUT2D eigenvalue weighted by Crippen LogP contribution is 2.32. The van der Waals surface area contributed by atoms with Crippen LogP contribution in [0.3, 0.4) is 0 Å². The highest BCUT2D eigenvalue weighted by molar-refractivity contribution is 7.80. The van der Waals surface area contributed by atoms with Crippen LogP contribution in [0.4, 0.5) is 19.5 Å². The number of nitrogens with one attached hydrogen (secondary N) is 2. The summed E-state index contributed by atoms with van der Waals surface area (Å²) < 4.78 is 35.3. The molecule has 2 aromatic carbocycles. The molecule has 0 fully saturated rings. The molecule has 0 atom stereocenters. The van der Waals surface area contributed by atoms with E-state index >= 15 is 0 Å². The molecule has 1 aromatic heterocycles. The largest absolute Gasteiger partial charge is 0.462 e. The third-order valence-corrected chi connectivity index (χ3v) is 5.58. The second-order valence-electron chi connectivity index (χ2n) is 6.80. The van der Waals surface area contributed by atoms with Crippen LogP contribution in [0.1, 0.15) is 33.3 Å². The van der Waals surface area contributed by atoms with Gasteiger partial charge in [0.2, 0.25) is 0 Å². The lowest BCUT2D eigenvalue weighted by molar-refractivity contribution is -0.0493. The number of aryl methyl sites for hydroxylation is 1. The first-order valence-electron chi connectivity index (χ1n) is 9.83. The number of carbonyl (C=O) groups excluding carboxylic acids is 1. The predicted molar refractivity (Wildman–Crippen MR) is 127 cm³/mol. The van der Waals surface area contributed by atoms with Gasteiger partial charge >= 0.3 is 12.6 Å². The number of thiocarbonyl (C=S) groups is 1. The minimum absolute atomic E-state index is 0.0225. The van der Waals surface area contributed by atoms with E-state index in [1.165, 1.54) is 17.4 Å². The SMILES string of the molecule is CCOC(=O)c1cc(Cc2ccccc2)sc1NC(=S)Nc1ccc(C)cc1OC(F)F. The number of alkyl halides is 2. The van der Waals surface area contributed by atoms with Gasteiger partial charge in [-0.1, -0.05) is 36.4 Å². The van der Waals surface area contributed by atoms with E-state index in [1.54, 1.807) is 32.0 Å². The quantitative estimate of drug-likeness (QED) is 0.297. The molecule has 168 valence electrons. The van der Waals surface area contributed by atoms with Gasteiger partial charge in [0, 0.05) is 11.3 Å². The number of anilines is 2. The van der Waals surface area contributed by atoms with Crippen LogP contribution < -0.4 is 15.4 Å². The molecule has 0 radical (unpaired) electrons. The standard InChI is InChI=1S/C23H22F2N2O3S2/c1-3-29-21(28)17-13-16(12-15-7-5-4-6-8-15)32-20(17)27-23(31)26-18-10-9-14(2)11-19(18)30-22(24)25/h4-11,13,22H,3,12H2,1-2H3,(H2,26,27,31). The van der Waals surface area contributed by atoms with Crippen molar-refractivity contribution in [1.82, 2.24) is 0 Å². The fourth-order valence-electron chi connectivity index (χ4n) is 2.96. The molecule has 3 aromatic rings. The second-order valence-corrected chi connectivity index (χ2v) is 8.34. The van der Waals surface area contributed by atoms with Crippen molar-refractivity contribution in [2.75, 3.05) is 17.2 Å². The first-order valence-corrected chi connectivity index (χ1v) is 11.1. The number of halogens is 2. The van der Waals surface area contributed by atoms with Crippen molar-refractivity contribution in [3.05, 3.63) is 76.2 Å². The van der Waals surface area contributed by atoms with Gasteiger partial charge in [0.1, 0.15) is 10.8 Å². The monoisotopic (exact) mass is 476 g/mol. The van der Waals surface area contributed by atoms with Gasteiger partial charge in [0.15, 0.2) is 5.11 Å². The number of carbonyl (C=O) groups is 1. The molecule has 2 N–H and O–H groups in total. The van der Waals surface area contributed by atoms with Crippen LogP contribution in [0, 0.1) is 6.92 Å². The fourth-order valence-corrected chi connectivity index (χ4v) is 4.32. The molecule has 0 spiro atoms. The van der Waals surface area contributed by atoms with E-state index in [2.05, 4.69) is 15.4 Å². The highest BCUT2D eigenvalue weighted by atomic mass is 32.1. The van der Waals surface area contributed by atoms with E-state index in [0.717, 1.165) is 16.0 Å². The Bertz CT molecular complexity index is 1090. The Morgan fingerprint density at radius 2 is 1.88 bits per heavy atom. The Hall–Kier alpha value is -3.04. The van der Waals surface area contributed by atoms with Gasteiger partial charge in [-0.3, -0.25) is 0 Å². The Kier molecular flexibility index (Phi) is 8.13. The fraction of sp³-hybridized carbons (Fsp3) is 0.217. The number of benzene rings is 2. The van der Waals surface area contributed by atoms with Crippen LogP contribution in [0.5, 0.6) is 5.75 Å². The van der Waals surface area contributed by atoms with Gasteiger partial charge < -0.3 is 20.1 Å². The summed E-state index contributed by atoms with van der Waals surface area (Å²) in [4.78, 5) is 13.4. The molecule has 0 unspecified atom stereocenters. The van der Waals surface area contributed by atoms with Gasteiger partial charge in [-0.25, -0.2) is 4.79 Å². The number of thiophene rings is 1. The molecule has 1 heterocycles. The van der Waals surface area contributed by atoms with E-state index < -0.39 is 12.6 Å². The molecule has 0 aliphatic rings. The highest BCUT2D eigenvalue weighted by Gasteiger charge is 2.19. The molecule has 32 heavy (non-hydrogen) atoms. The van der Waals surface area contributed by atoms with Crippen LogP contribution in [0.2, 0.25) is 0 Å². The Balaban J connectivity index is 1.81. The summed E-state index contributed by atoms with van der Waals surface area (Å²) in [5, 5.41) is 6.50. The molecule has 5 nitrogen and oxygen atoms in total. The molecular formula is C23H22F2N2O3S2. The minimum Gasteiger partial charge on any atom is -0.462 e. The molecular weight excluding hydrogens is 454 g/mol. The average Bonchev–Trinajstić information content (AvgIpc) is 3.12. The minimum atomic E-state index is -2.97. The number of ether oxygens (including phenoxy) is 2.